The lowest BCUT2D eigenvalue weighted by atomic mass is 10.0. The van der Waals surface area contributed by atoms with E-state index < -0.39 is 0 Å². The first-order chi connectivity index (χ1) is 9.63. The summed E-state index contributed by atoms with van der Waals surface area (Å²) in [6.45, 7) is 0. The fraction of sp³-hybridized carbons (Fsp3) is 0.467. The van der Waals surface area contributed by atoms with Gasteiger partial charge in [-0.05, 0) is 43.0 Å². The third-order valence-corrected chi connectivity index (χ3v) is 4.17. The molecule has 2 atom stereocenters. The van der Waals surface area contributed by atoms with Crippen LogP contribution >= 0.6 is 0 Å². The van der Waals surface area contributed by atoms with Gasteiger partial charge in [-0.2, -0.15) is 0 Å². The number of fused-ring (bicyclic) bond motifs is 1. The number of hydrogen-bond acceptors (Lipinski definition) is 3. The van der Waals surface area contributed by atoms with Gasteiger partial charge in [-0.25, -0.2) is 0 Å². The average Bonchev–Trinajstić information content (AvgIpc) is 2.85. The van der Waals surface area contributed by atoms with E-state index in [0.717, 1.165) is 36.2 Å². The molecule has 2 unspecified atom stereocenters. The Morgan fingerprint density at radius 2 is 2.15 bits per heavy atom. The molecule has 1 saturated carbocycles. The van der Waals surface area contributed by atoms with Crippen LogP contribution in [0.25, 0.3) is 0 Å². The van der Waals surface area contributed by atoms with Crippen LogP contribution in [0.5, 0.6) is 0 Å². The summed E-state index contributed by atoms with van der Waals surface area (Å²) in [5.74, 6) is -0.0215. The number of anilines is 2. The van der Waals surface area contributed by atoms with Gasteiger partial charge in [-0.15, -0.1) is 0 Å². The number of amides is 2. The van der Waals surface area contributed by atoms with E-state index in [1.54, 1.807) is 0 Å². The molecular formula is C15H19N3O2. The molecule has 1 heterocycles. The minimum atomic E-state index is -0.0780. The number of carbonyl (C=O) groups is 2. The number of carbonyl (C=O) groups excluding carboxylic acids is 2. The summed E-state index contributed by atoms with van der Waals surface area (Å²) in [6, 6.07) is 5.58. The van der Waals surface area contributed by atoms with Crippen molar-refractivity contribution >= 4 is 23.2 Å². The Hall–Kier alpha value is -1.88. The van der Waals surface area contributed by atoms with Crippen molar-refractivity contribution in [2.24, 2.45) is 11.7 Å². The van der Waals surface area contributed by atoms with Gasteiger partial charge < -0.3 is 16.4 Å². The Labute approximate surface area is 117 Å². The van der Waals surface area contributed by atoms with Gasteiger partial charge in [-0.3, -0.25) is 9.59 Å². The topological polar surface area (TPSA) is 84.2 Å². The molecule has 3 rings (SSSR count). The lowest BCUT2D eigenvalue weighted by molar-refractivity contribution is -0.120. The molecule has 1 aromatic carbocycles. The first-order valence-corrected chi connectivity index (χ1v) is 7.13. The van der Waals surface area contributed by atoms with Gasteiger partial charge in [0.15, 0.2) is 0 Å². The zero-order valence-corrected chi connectivity index (χ0v) is 11.3. The Bertz CT molecular complexity index is 556. The highest BCUT2D eigenvalue weighted by Crippen LogP contribution is 2.28. The number of hydrogen-bond donors (Lipinski definition) is 3. The highest BCUT2D eigenvalue weighted by atomic mass is 16.2. The van der Waals surface area contributed by atoms with Crippen molar-refractivity contribution < 1.29 is 9.59 Å². The fourth-order valence-corrected chi connectivity index (χ4v) is 3.01. The quantitative estimate of drug-likeness (QED) is 0.765. The minimum absolute atomic E-state index is 0.00907. The lowest BCUT2D eigenvalue weighted by Crippen LogP contribution is -2.34. The van der Waals surface area contributed by atoms with Gasteiger partial charge in [0, 0.05) is 23.8 Å². The highest BCUT2D eigenvalue weighted by Gasteiger charge is 2.30. The molecular weight excluding hydrogens is 254 g/mol. The number of rotatable bonds is 2. The SMILES string of the molecule is NC1CCCC1C(=O)Nc1ccc2c(c1)CCC(=O)N2. The van der Waals surface area contributed by atoms with E-state index >= 15 is 0 Å². The van der Waals surface area contributed by atoms with Crippen LogP contribution in [-0.2, 0) is 16.0 Å². The van der Waals surface area contributed by atoms with Crippen molar-refractivity contribution in [3.63, 3.8) is 0 Å². The zero-order valence-electron chi connectivity index (χ0n) is 11.3. The zero-order chi connectivity index (χ0) is 14.1. The molecule has 1 aliphatic carbocycles. The van der Waals surface area contributed by atoms with E-state index in [-0.39, 0.29) is 23.8 Å². The number of nitrogens with one attached hydrogen (secondary N) is 2. The molecule has 0 aromatic heterocycles. The van der Waals surface area contributed by atoms with E-state index in [1.165, 1.54) is 0 Å². The summed E-state index contributed by atoms with van der Waals surface area (Å²) in [7, 11) is 0. The summed E-state index contributed by atoms with van der Waals surface area (Å²) in [6.07, 6.45) is 4.03. The van der Waals surface area contributed by atoms with Crippen molar-refractivity contribution in [2.45, 2.75) is 38.1 Å². The third kappa shape index (κ3) is 2.54. The maximum absolute atomic E-state index is 12.2. The molecule has 2 aliphatic rings. The summed E-state index contributed by atoms with van der Waals surface area (Å²) < 4.78 is 0. The van der Waals surface area contributed by atoms with Crippen molar-refractivity contribution in [2.75, 3.05) is 10.6 Å². The van der Waals surface area contributed by atoms with Crippen molar-refractivity contribution in [1.29, 1.82) is 0 Å². The van der Waals surface area contributed by atoms with Crippen molar-refractivity contribution in [1.82, 2.24) is 0 Å². The molecule has 0 saturated heterocycles. The predicted molar refractivity (Wildman–Crippen MR) is 77.3 cm³/mol. The molecule has 5 heteroatoms. The van der Waals surface area contributed by atoms with E-state index in [0.29, 0.717) is 12.8 Å². The van der Waals surface area contributed by atoms with Crippen LogP contribution in [-0.4, -0.2) is 17.9 Å². The van der Waals surface area contributed by atoms with Crippen LogP contribution in [0, 0.1) is 5.92 Å². The molecule has 106 valence electrons. The largest absolute Gasteiger partial charge is 0.327 e. The fourth-order valence-electron chi connectivity index (χ4n) is 3.01. The van der Waals surface area contributed by atoms with E-state index in [4.69, 9.17) is 5.73 Å². The molecule has 0 radical (unpaired) electrons. The molecule has 4 N–H and O–H groups in total. The monoisotopic (exact) mass is 273 g/mol. The van der Waals surface area contributed by atoms with E-state index in [9.17, 15) is 9.59 Å². The first-order valence-electron chi connectivity index (χ1n) is 7.13. The van der Waals surface area contributed by atoms with E-state index in [2.05, 4.69) is 10.6 Å². The normalized spacial score (nSPS) is 24.9. The Morgan fingerprint density at radius 1 is 1.30 bits per heavy atom. The summed E-state index contributed by atoms with van der Waals surface area (Å²) in [5.41, 5.74) is 8.64. The van der Waals surface area contributed by atoms with Crippen LogP contribution in [0.4, 0.5) is 11.4 Å². The number of nitrogens with two attached hydrogens (primary N) is 1. The maximum atomic E-state index is 12.2. The summed E-state index contributed by atoms with van der Waals surface area (Å²) in [4.78, 5) is 23.5. The second kappa shape index (κ2) is 5.25. The number of aryl methyl sites for hydroxylation is 1. The molecule has 2 amide bonds. The van der Waals surface area contributed by atoms with Crippen LogP contribution < -0.4 is 16.4 Å². The molecule has 1 fully saturated rings. The van der Waals surface area contributed by atoms with Crippen molar-refractivity contribution in [3.8, 4) is 0 Å². The van der Waals surface area contributed by atoms with Gasteiger partial charge in [0.25, 0.3) is 0 Å². The van der Waals surface area contributed by atoms with Gasteiger partial charge >= 0.3 is 0 Å². The van der Waals surface area contributed by atoms with E-state index in [1.807, 2.05) is 18.2 Å². The second-order valence-corrected chi connectivity index (χ2v) is 5.61. The molecule has 0 bridgehead atoms. The Morgan fingerprint density at radius 3 is 2.90 bits per heavy atom. The minimum Gasteiger partial charge on any atom is -0.327 e. The van der Waals surface area contributed by atoms with Crippen LogP contribution in [0.15, 0.2) is 18.2 Å². The average molecular weight is 273 g/mol. The van der Waals surface area contributed by atoms with Gasteiger partial charge in [0.2, 0.25) is 11.8 Å². The smallest absolute Gasteiger partial charge is 0.229 e. The Kier molecular flexibility index (Phi) is 3.44. The summed E-state index contributed by atoms with van der Waals surface area (Å²) >= 11 is 0. The molecule has 0 spiro atoms. The Balaban J connectivity index is 1.72. The second-order valence-electron chi connectivity index (χ2n) is 5.61. The molecule has 5 nitrogen and oxygen atoms in total. The highest BCUT2D eigenvalue weighted by molar-refractivity contribution is 5.96. The first kappa shape index (κ1) is 13.1. The predicted octanol–water partition coefficient (Wildman–Crippen LogP) is 1.64. The van der Waals surface area contributed by atoms with Gasteiger partial charge in [-0.1, -0.05) is 6.42 Å². The maximum Gasteiger partial charge on any atom is 0.229 e. The standard InChI is InChI=1S/C15H19N3O2/c16-12-3-1-2-11(12)15(20)17-10-5-6-13-9(8-10)4-7-14(19)18-13/h5-6,8,11-12H,1-4,7,16H2,(H,17,20)(H,18,19). The molecule has 20 heavy (non-hydrogen) atoms. The van der Waals surface area contributed by atoms with Crippen LogP contribution in [0.1, 0.15) is 31.2 Å². The van der Waals surface area contributed by atoms with Gasteiger partial charge in [0.05, 0.1) is 5.92 Å². The third-order valence-electron chi connectivity index (χ3n) is 4.17. The van der Waals surface area contributed by atoms with Gasteiger partial charge in [0.1, 0.15) is 0 Å². The van der Waals surface area contributed by atoms with Crippen LogP contribution in [0.2, 0.25) is 0 Å². The van der Waals surface area contributed by atoms with Crippen LogP contribution in [0.3, 0.4) is 0 Å². The molecule has 1 aliphatic heterocycles. The summed E-state index contributed by atoms with van der Waals surface area (Å²) in [5, 5.41) is 5.77. The number of benzene rings is 1. The molecule has 1 aromatic rings. The lowest BCUT2D eigenvalue weighted by Gasteiger charge is -2.19. The van der Waals surface area contributed by atoms with Crippen molar-refractivity contribution in [3.05, 3.63) is 23.8 Å².